The lowest BCUT2D eigenvalue weighted by molar-refractivity contribution is -0.385. The van der Waals surface area contributed by atoms with Crippen LogP contribution in [0.25, 0.3) is 5.69 Å². The summed E-state index contributed by atoms with van der Waals surface area (Å²) < 4.78 is 1.94. The minimum Gasteiger partial charge on any atom is -0.351 e. The summed E-state index contributed by atoms with van der Waals surface area (Å²) in [5.74, 6) is 0. The molecular weight excluding hydrogens is 573 g/mol. The standard InChI is InChI=1S/C30H22N6O4S2/c37-35(38)21-11-15-25(16-12-21)42-24-13-9-20(10-14-24)34-29(28(32-30(34)41)26-7-1-2-17-31-26)27-8-4-18-33(27)22-5-3-6-23(19-22)36(39)40/h1-19,28-29H,(H,32,41). The van der Waals surface area contributed by atoms with E-state index in [0.29, 0.717) is 10.8 Å². The molecule has 0 amide bonds. The van der Waals surface area contributed by atoms with Crippen LogP contribution in [0.4, 0.5) is 17.1 Å². The van der Waals surface area contributed by atoms with E-state index in [-0.39, 0.29) is 23.5 Å². The third-order valence-corrected chi connectivity index (χ3v) is 8.23. The van der Waals surface area contributed by atoms with Crippen LogP contribution in [0, 0.1) is 20.2 Å². The number of benzene rings is 3. The number of nitro benzene ring substituents is 2. The van der Waals surface area contributed by atoms with Crippen LogP contribution in [0.2, 0.25) is 0 Å². The highest BCUT2D eigenvalue weighted by Gasteiger charge is 2.42. The number of thiocarbonyl (C=S) groups is 1. The first-order valence-corrected chi connectivity index (χ1v) is 14.1. The highest BCUT2D eigenvalue weighted by molar-refractivity contribution is 7.99. The summed E-state index contributed by atoms with van der Waals surface area (Å²) in [5, 5.41) is 26.4. The van der Waals surface area contributed by atoms with Crippen molar-refractivity contribution in [1.29, 1.82) is 0 Å². The number of hydrogen-bond donors (Lipinski definition) is 1. The monoisotopic (exact) mass is 594 g/mol. The van der Waals surface area contributed by atoms with Crippen molar-refractivity contribution in [2.24, 2.45) is 0 Å². The Hall–Kier alpha value is -5.07. The number of rotatable bonds is 8. The summed E-state index contributed by atoms with van der Waals surface area (Å²) in [6.45, 7) is 0. The van der Waals surface area contributed by atoms with E-state index in [1.165, 1.54) is 30.0 Å². The fourth-order valence-corrected chi connectivity index (χ4v) is 6.17. The topological polar surface area (TPSA) is 119 Å². The summed E-state index contributed by atoms with van der Waals surface area (Å²) in [4.78, 5) is 30.1. The number of hydrogen-bond acceptors (Lipinski definition) is 7. The van der Waals surface area contributed by atoms with Crippen molar-refractivity contribution in [3.63, 3.8) is 0 Å². The zero-order valence-corrected chi connectivity index (χ0v) is 23.4. The molecule has 0 saturated carbocycles. The maximum atomic E-state index is 11.5. The van der Waals surface area contributed by atoms with Crippen LogP contribution in [0.15, 0.2) is 125 Å². The number of non-ortho nitro benzene ring substituents is 2. The number of nitro groups is 2. The molecule has 2 unspecified atom stereocenters. The molecular formula is C30H22N6O4S2. The first-order chi connectivity index (χ1) is 20.4. The lowest BCUT2D eigenvalue weighted by Gasteiger charge is -2.29. The SMILES string of the molecule is O=[N+]([O-])c1ccc(Sc2ccc(N3C(=S)NC(c4ccccn4)C3c3cccn3-c3cccc([N+](=O)[O-])c3)cc2)cc1. The Kier molecular flexibility index (Phi) is 7.38. The lowest BCUT2D eigenvalue weighted by Crippen LogP contribution is -2.30. The molecule has 0 aliphatic carbocycles. The van der Waals surface area contributed by atoms with E-state index in [4.69, 9.17) is 12.2 Å². The normalized spacial score (nSPS) is 16.3. The van der Waals surface area contributed by atoms with Gasteiger partial charge in [0.2, 0.25) is 0 Å². The van der Waals surface area contributed by atoms with Crippen molar-refractivity contribution in [2.75, 3.05) is 4.90 Å². The molecule has 1 N–H and O–H groups in total. The fraction of sp³-hybridized carbons (Fsp3) is 0.0667. The smallest absolute Gasteiger partial charge is 0.271 e. The van der Waals surface area contributed by atoms with Gasteiger partial charge in [0.1, 0.15) is 6.04 Å². The predicted octanol–water partition coefficient (Wildman–Crippen LogP) is 7.02. The summed E-state index contributed by atoms with van der Waals surface area (Å²) in [5.41, 5.74) is 3.26. The quantitative estimate of drug-likeness (QED) is 0.115. The second kappa shape index (κ2) is 11.4. The Bertz CT molecular complexity index is 1780. The van der Waals surface area contributed by atoms with Crippen LogP contribution in [0.3, 0.4) is 0 Å². The molecule has 208 valence electrons. The van der Waals surface area contributed by atoms with Crippen molar-refractivity contribution in [1.82, 2.24) is 14.9 Å². The van der Waals surface area contributed by atoms with Crippen molar-refractivity contribution in [2.45, 2.75) is 21.9 Å². The van der Waals surface area contributed by atoms with Gasteiger partial charge in [0, 0.05) is 57.8 Å². The van der Waals surface area contributed by atoms with Gasteiger partial charge >= 0.3 is 0 Å². The van der Waals surface area contributed by atoms with Crippen molar-refractivity contribution in [3.05, 3.63) is 147 Å². The lowest BCUT2D eigenvalue weighted by atomic mass is 10.0. The number of aromatic nitrogens is 2. The number of nitrogens with one attached hydrogen (secondary N) is 1. The van der Waals surface area contributed by atoms with Gasteiger partial charge in [-0.15, -0.1) is 0 Å². The summed E-state index contributed by atoms with van der Waals surface area (Å²) >= 11 is 7.37. The Morgan fingerprint density at radius 3 is 2.17 bits per heavy atom. The van der Waals surface area contributed by atoms with Gasteiger partial charge in [0.25, 0.3) is 11.4 Å². The van der Waals surface area contributed by atoms with Gasteiger partial charge in [-0.25, -0.2) is 0 Å². The molecule has 5 aromatic rings. The summed E-state index contributed by atoms with van der Waals surface area (Å²) in [7, 11) is 0. The zero-order chi connectivity index (χ0) is 29.2. The van der Waals surface area contributed by atoms with Gasteiger partial charge in [-0.2, -0.15) is 0 Å². The highest BCUT2D eigenvalue weighted by atomic mass is 32.2. The average Bonchev–Trinajstić information content (AvgIpc) is 3.63. The van der Waals surface area contributed by atoms with Gasteiger partial charge < -0.3 is 14.8 Å². The van der Waals surface area contributed by atoms with Crippen LogP contribution in [0.5, 0.6) is 0 Å². The first-order valence-electron chi connectivity index (χ1n) is 12.8. The molecule has 0 spiro atoms. The predicted molar refractivity (Wildman–Crippen MR) is 164 cm³/mol. The molecule has 42 heavy (non-hydrogen) atoms. The highest BCUT2D eigenvalue weighted by Crippen LogP contribution is 2.43. The second-order valence-corrected chi connectivity index (χ2v) is 11.0. The number of anilines is 1. The zero-order valence-electron chi connectivity index (χ0n) is 21.8. The second-order valence-electron chi connectivity index (χ2n) is 9.42. The maximum Gasteiger partial charge on any atom is 0.271 e. The third kappa shape index (κ3) is 5.32. The van der Waals surface area contributed by atoms with Gasteiger partial charge in [0.15, 0.2) is 5.11 Å². The number of pyridine rings is 1. The molecule has 2 atom stereocenters. The summed E-state index contributed by atoms with van der Waals surface area (Å²) in [6, 6.07) is 29.9. The largest absolute Gasteiger partial charge is 0.351 e. The van der Waals surface area contributed by atoms with Crippen LogP contribution >= 0.6 is 24.0 Å². The fourth-order valence-electron chi connectivity index (χ4n) is 5.01. The molecule has 1 aliphatic heterocycles. The Balaban J connectivity index is 1.37. The van der Waals surface area contributed by atoms with Crippen LogP contribution in [-0.4, -0.2) is 24.5 Å². The van der Waals surface area contributed by atoms with E-state index in [9.17, 15) is 20.2 Å². The van der Waals surface area contributed by atoms with E-state index >= 15 is 0 Å². The Morgan fingerprint density at radius 2 is 1.50 bits per heavy atom. The van der Waals surface area contributed by atoms with E-state index in [1.54, 1.807) is 30.5 Å². The Morgan fingerprint density at radius 1 is 0.786 bits per heavy atom. The van der Waals surface area contributed by atoms with Gasteiger partial charge in [-0.1, -0.05) is 23.9 Å². The van der Waals surface area contributed by atoms with Crippen molar-refractivity contribution in [3.8, 4) is 5.69 Å². The van der Waals surface area contributed by atoms with E-state index in [2.05, 4.69) is 10.3 Å². The van der Waals surface area contributed by atoms with E-state index in [0.717, 1.165) is 26.9 Å². The molecule has 12 heteroatoms. The Labute approximate surface area is 249 Å². The van der Waals surface area contributed by atoms with Crippen molar-refractivity contribution >= 4 is 46.2 Å². The third-order valence-electron chi connectivity index (χ3n) is 6.90. The van der Waals surface area contributed by atoms with E-state index in [1.807, 2.05) is 76.3 Å². The minimum atomic E-state index is -0.416. The molecule has 1 aliphatic rings. The van der Waals surface area contributed by atoms with Crippen LogP contribution in [0.1, 0.15) is 23.5 Å². The molecule has 1 fully saturated rings. The molecule has 10 nitrogen and oxygen atoms in total. The molecule has 3 aromatic carbocycles. The molecule has 0 bridgehead atoms. The average molecular weight is 595 g/mol. The molecule has 2 aromatic heterocycles. The minimum absolute atomic E-state index is 0.00598. The van der Waals surface area contributed by atoms with Gasteiger partial charge in [-0.3, -0.25) is 25.2 Å². The van der Waals surface area contributed by atoms with Gasteiger partial charge in [-0.05, 0) is 78.9 Å². The van der Waals surface area contributed by atoms with E-state index < -0.39 is 9.85 Å². The summed E-state index contributed by atoms with van der Waals surface area (Å²) in [6.07, 6.45) is 3.62. The van der Waals surface area contributed by atoms with Crippen molar-refractivity contribution < 1.29 is 9.85 Å². The molecule has 6 rings (SSSR count). The molecule has 0 radical (unpaired) electrons. The maximum absolute atomic E-state index is 11.5. The molecule has 3 heterocycles. The first kappa shape index (κ1) is 27.1. The van der Waals surface area contributed by atoms with Crippen LogP contribution in [-0.2, 0) is 0 Å². The number of nitrogens with zero attached hydrogens (tertiary/aromatic N) is 5. The van der Waals surface area contributed by atoms with Gasteiger partial charge in [0.05, 0.1) is 27.3 Å². The van der Waals surface area contributed by atoms with Crippen LogP contribution < -0.4 is 10.2 Å². The molecule has 1 saturated heterocycles.